The maximum atomic E-state index is 14.7. The average molecular weight is 505 g/mol. The van der Waals surface area contributed by atoms with Gasteiger partial charge in [-0.1, -0.05) is 12.1 Å². The highest BCUT2D eigenvalue weighted by molar-refractivity contribution is 7.90. The number of nitrogens with two attached hydrogens (primary N) is 1. The van der Waals surface area contributed by atoms with Crippen LogP contribution >= 0.6 is 0 Å². The number of primary amides is 1. The number of aromatic nitrogens is 2. The molecule has 0 unspecified atom stereocenters. The molecule has 0 aliphatic rings. The number of hydrogen-bond donors (Lipinski definition) is 1. The number of carbonyl (C=O) groups excluding carboxylic acids is 1. The average Bonchev–Trinajstić information content (AvgIpc) is 2.78. The summed E-state index contributed by atoms with van der Waals surface area (Å²) in [5, 5.41) is -0.0245. The number of halogens is 4. The first kappa shape index (κ1) is 24.1. The number of amides is 1. The van der Waals surface area contributed by atoms with E-state index in [2.05, 4.69) is 9.97 Å². The van der Waals surface area contributed by atoms with Gasteiger partial charge in [-0.25, -0.2) is 22.8 Å². The lowest BCUT2D eigenvalue weighted by Crippen LogP contribution is -2.15. The minimum Gasteiger partial charge on any atom is -0.457 e. The van der Waals surface area contributed by atoms with Gasteiger partial charge < -0.3 is 10.5 Å². The molecule has 0 aliphatic carbocycles. The number of ether oxygens (including phenoxy) is 1. The van der Waals surface area contributed by atoms with Gasteiger partial charge in [0.25, 0.3) is 0 Å². The van der Waals surface area contributed by atoms with Crippen LogP contribution in [-0.2, 0) is 16.0 Å². The van der Waals surface area contributed by atoms with Crippen LogP contribution in [0.25, 0.3) is 22.2 Å². The van der Waals surface area contributed by atoms with Gasteiger partial charge in [0.2, 0.25) is 5.91 Å². The Morgan fingerprint density at radius 3 is 2.34 bits per heavy atom. The van der Waals surface area contributed by atoms with E-state index >= 15 is 0 Å². The summed E-state index contributed by atoms with van der Waals surface area (Å²) >= 11 is 0. The van der Waals surface area contributed by atoms with E-state index < -0.39 is 38.8 Å². The van der Waals surface area contributed by atoms with Crippen LogP contribution in [0.5, 0.6) is 11.5 Å². The monoisotopic (exact) mass is 505 g/mol. The van der Waals surface area contributed by atoms with E-state index in [-0.39, 0.29) is 38.6 Å². The van der Waals surface area contributed by atoms with E-state index in [0.29, 0.717) is 0 Å². The molecule has 35 heavy (non-hydrogen) atoms. The molecule has 0 saturated carbocycles. The van der Waals surface area contributed by atoms with E-state index in [1.165, 1.54) is 36.4 Å². The molecule has 0 aliphatic heterocycles. The number of fused-ring (bicyclic) bond motifs is 1. The summed E-state index contributed by atoms with van der Waals surface area (Å²) in [5.74, 6) is -1.70. The molecule has 3 aromatic carbocycles. The Bertz CT molecular complexity index is 1590. The summed E-state index contributed by atoms with van der Waals surface area (Å²) in [6.07, 6.45) is -2.88. The third-order valence-electron chi connectivity index (χ3n) is 5.02. The van der Waals surface area contributed by atoms with Crippen LogP contribution in [-0.4, -0.2) is 30.5 Å². The molecular weight excluding hydrogens is 490 g/mol. The molecule has 1 aromatic heterocycles. The summed E-state index contributed by atoms with van der Waals surface area (Å²) in [6.45, 7) is 0. The Morgan fingerprint density at radius 2 is 1.69 bits per heavy atom. The lowest BCUT2D eigenvalue weighted by atomic mass is 10.0. The van der Waals surface area contributed by atoms with E-state index in [1.54, 1.807) is 0 Å². The van der Waals surface area contributed by atoms with E-state index in [1.807, 2.05) is 0 Å². The summed E-state index contributed by atoms with van der Waals surface area (Å²) in [5.41, 5.74) is 3.36. The fourth-order valence-electron chi connectivity index (χ4n) is 3.49. The molecule has 1 amide bonds. The van der Waals surface area contributed by atoms with Gasteiger partial charge >= 0.3 is 6.18 Å². The summed E-state index contributed by atoms with van der Waals surface area (Å²) in [7, 11) is -3.84. The first-order valence-electron chi connectivity index (χ1n) is 9.79. The molecule has 1 heterocycles. The molecule has 4 rings (SSSR count). The maximum Gasteiger partial charge on any atom is 0.418 e. The van der Waals surface area contributed by atoms with Crippen molar-refractivity contribution in [3.05, 3.63) is 77.9 Å². The number of benzene rings is 3. The molecule has 7 nitrogen and oxygen atoms in total. The highest BCUT2D eigenvalue weighted by Gasteiger charge is 2.33. The van der Waals surface area contributed by atoms with Crippen molar-refractivity contribution in [3.63, 3.8) is 0 Å². The number of hydrogen-bond acceptors (Lipinski definition) is 6. The second kappa shape index (κ2) is 8.62. The molecule has 0 bridgehead atoms. The molecule has 12 heteroatoms. The van der Waals surface area contributed by atoms with Crippen LogP contribution in [0, 0.1) is 5.82 Å². The number of alkyl halides is 3. The molecule has 0 saturated heterocycles. The van der Waals surface area contributed by atoms with Crippen molar-refractivity contribution in [2.75, 3.05) is 6.26 Å². The highest BCUT2D eigenvalue weighted by atomic mass is 32.2. The Balaban J connectivity index is 1.81. The van der Waals surface area contributed by atoms with Gasteiger partial charge in [0, 0.05) is 23.3 Å². The van der Waals surface area contributed by atoms with Crippen molar-refractivity contribution in [3.8, 4) is 22.8 Å². The Morgan fingerprint density at radius 1 is 1.00 bits per heavy atom. The topological polar surface area (TPSA) is 112 Å². The lowest BCUT2D eigenvalue weighted by molar-refractivity contribution is -0.136. The van der Waals surface area contributed by atoms with Gasteiger partial charge in [-0.05, 0) is 36.4 Å². The SMILES string of the molecule is CS(=O)(=O)c1cc(Oc2ccc(F)c(-c3ncnc4c(C(F)(F)F)cccc34)c2)ccc1C(N)=O. The molecule has 2 N–H and O–H groups in total. The van der Waals surface area contributed by atoms with Crippen molar-refractivity contribution in [2.24, 2.45) is 5.73 Å². The van der Waals surface area contributed by atoms with Crippen molar-refractivity contribution in [1.29, 1.82) is 0 Å². The zero-order valence-electron chi connectivity index (χ0n) is 17.8. The predicted molar refractivity (Wildman–Crippen MR) is 118 cm³/mol. The molecule has 0 fully saturated rings. The first-order valence-corrected chi connectivity index (χ1v) is 11.7. The molecular formula is C23H15F4N3O4S. The van der Waals surface area contributed by atoms with Crippen LogP contribution in [0.2, 0.25) is 0 Å². The van der Waals surface area contributed by atoms with Crippen molar-refractivity contribution >= 4 is 26.6 Å². The van der Waals surface area contributed by atoms with Crippen LogP contribution in [0.1, 0.15) is 15.9 Å². The zero-order valence-corrected chi connectivity index (χ0v) is 18.6. The Kier molecular flexibility index (Phi) is 5.93. The van der Waals surface area contributed by atoms with E-state index in [9.17, 15) is 30.8 Å². The fraction of sp³-hybridized carbons (Fsp3) is 0.0870. The highest BCUT2D eigenvalue weighted by Crippen LogP contribution is 2.38. The standard InChI is InChI=1S/C23H15F4N3O4S/c1-35(32,33)19-10-13(5-7-14(19)22(28)31)34-12-6-8-18(24)16(9-12)20-15-3-2-4-17(23(25,26)27)21(15)30-11-29-20/h2-11H,1H3,(H2,28,31). The largest absolute Gasteiger partial charge is 0.457 e. The van der Waals surface area contributed by atoms with Gasteiger partial charge in [-0.2, -0.15) is 13.2 Å². The molecule has 0 radical (unpaired) electrons. The predicted octanol–water partition coefficient (Wildman–Crippen LogP) is 4.75. The zero-order chi connectivity index (χ0) is 25.5. The third-order valence-corrected chi connectivity index (χ3v) is 6.15. The number of nitrogens with zero attached hydrogens (tertiary/aromatic N) is 2. The number of carbonyl (C=O) groups is 1. The Labute approximate surface area is 196 Å². The summed E-state index contributed by atoms with van der Waals surface area (Å²) in [4.78, 5) is 18.9. The van der Waals surface area contributed by atoms with Crippen molar-refractivity contribution in [2.45, 2.75) is 11.1 Å². The smallest absolute Gasteiger partial charge is 0.418 e. The quantitative estimate of drug-likeness (QED) is 0.392. The minimum absolute atomic E-state index is 0.000105. The van der Waals surface area contributed by atoms with Gasteiger partial charge in [-0.3, -0.25) is 4.79 Å². The third kappa shape index (κ3) is 4.78. The number of rotatable bonds is 5. The fourth-order valence-corrected chi connectivity index (χ4v) is 4.39. The van der Waals surface area contributed by atoms with Gasteiger partial charge in [0.15, 0.2) is 9.84 Å². The Hall–Kier alpha value is -4.06. The van der Waals surface area contributed by atoms with E-state index in [4.69, 9.17) is 10.5 Å². The molecule has 180 valence electrons. The summed E-state index contributed by atoms with van der Waals surface area (Å²) < 4.78 is 84.7. The van der Waals surface area contributed by atoms with Crippen LogP contribution in [0.15, 0.2) is 65.8 Å². The van der Waals surface area contributed by atoms with Gasteiger partial charge in [-0.15, -0.1) is 0 Å². The van der Waals surface area contributed by atoms with Gasteiger partial charge in [0.05, 0.1) is 27.2 Å². The second-order valence-corrected chi connectivity index (χ2v) is 9.44. The van der Waals surface area contributed by atoms with Gasteiger partial charge in [0.1, 0.15) is 23.6 Å². The maximum absolute atomic E-state index is 14.7. The molecule has 0 atom stereocenters. The molecule has 0 spiro atoms. The number of sulfone groups is 1. The lowest BCUT2D eigenvalue weighted by Gasteiger charge is -2.13. The van der Waals surface area contributed by atoms with Crippen molar-refractivity contribution in [1.82, 2.24) is 9.97 Å². The second-order valence-electron chi connectivity index (χ2n) is 7.46. The van der Waals surface area contributed by atoms with Crippen LogP contribution < -0.4 is 10.5 Å². The summed E-state index contributed by atoms with van der Waals surface area (Å²) in [6, 6.07) is 10.4. The van der Waals surface area contributed by atoms with E-state index in [0.717, 1.165) is 30.8 Å². The van der Waals surface area contributed by atoms with Crippen molar-refractivity contribution < 1.29 is 35.5 Å². The van der Waals surface area contributed by atoms with Crippen LogP contribution in [0.4, 0.5) is 17.6 Å². The van der Waals surface area contributed by atoms with Crippen LogP contribution in [0.3, 0.4) is 0 Å². The first-order chi connectivity index (χ1) is 16.4. The molecule has 4 aromatic rings. The minimum atomic E-state index is -4.68. The number of para-hydroxylation sites is 1. The normalized spacial score (nSPS) is 12.0.